The Morgan fingerprint density at radius 3 is 2.74 bits per heavy atom. The zero-order valence-electron chi connectivity index (χ0n) is 10.5. The Morgan fingerprint density at radius 1 is 1.53 bits per heavy atom. The molecule has 0 aliphatic heterocycles. The number of hydrogen-bond acceptors (Lipinski definition) is 3. The average Bonchev–Trinajstić information content (AvgIpc) is 2.37. The van der Waals surface area contributed by atoms with Gasteiger partial charge in [0.15, 0.2) is 0 Å². The minimum Gasteiger partial charge on any atom is -0.507 e. The largest absolute Gasteiger partial charge is 0.507 e. The van der Waals surface area contributed by atoms with Gasteiger partial charge in [0.25, 0.3) is 5.91 Å². The molecule has 0 bridgehead atoms. The van der Waals surface area contributed by atoms with E-state index in [1.54, 1.807) is 19.1 Å². The van der Waals surface area contributed by atoms with Gasteiger partial charge in [-0.05, 0) is 37.3 Å². The van der Waals surface area contributed by atoms with Crippen molar-refractivity contribution >= 4 is 17.5 Å². The summed E-state index contributed by atoms with van der Waals surface area (Å²) in [5.74, 6) is -0.672. The molecule has 0 aliphatic rings. The number of nitrogens with one attached hydrogen (secondary N) is 1. The van der Waals surface area contributed by atoms with Crippen molar-refractivity contribution in [3.8, 4) is 5.75 Å². The third-order valence-corrected chi connectivity index (χ3v) is 2.55. The maximum absolute atomic E-state index is 12.0. The molecule has 0 spiro atoms. The molecule has 1 aromatic rings. The van der Waals surface area contributed by atoms with Crippen LogP contribution in [0.15, 0.2) is 54.4 Å². The van der Waals surface area contributed by atoms with Gasteiger partial charge in [0, 0.05) is 5.02 Å². The smallest absolute Gasteiger partial charge is 0.259 e. The van der Waals surface area contributed by atoms with Crippen LogP contribution in [-0.4, -0.2) is 11.0 Å². The number of carbonyl (C=O) groups excluding carboxylic acids is 1. The van der Waals surface area contributed by atoms with Crippen LogP contribution in [0.3, 0.4) is 0 Å². The predicted octanol–water partition coefficient (Wildman–Crippen LogP) is 2.71. The van der Waals surface area contributed by atoms with Gasteiger partial charge in [-0.25, -0.2) is 0 Å². The predicted molar refractivity (Wildman–Crippen MR) is 76.8 cm³/mol. The summed E-state index contributed by atoms with van der Waals surface area (Å²) in [4.78, 5) is 12.0. The van der Waals surface area contributed by atoms with Gasteiger partial charge in [-0.2, -0.15) is 0 Å². The molecule has 19 heavy (non-hydrogen) atoms. The van der Waals surface area contributed by atoms with Crippen LogP contribution in [-0.2, 0) is 0 Å². The molecule has 5 heteroatoms. The Morgan fingerprint density at radius 2 is 2.21 bits per heavy atom. The molecule has 0 heterocycles. The number of benzene rings is 1. The fraction of sp³-hybridized carbons (Fsp3) is 0.0714. The van der Waals surface area contributed by atoms with Crippen LogP contribution < -0.4 is 11.1 Å². The SMILES string of the molecule is C=C/C(N)=C(\C=C/C)NC(=O)c1ccc(Cl)cc1O. The van der Waals surface area contributed by atoms with E-state index in [9.17, 15) is 9.90 Å². The van der Waals surface area contributed by atoms with Crippen LogP contribution in [0.25, 0.3) is 0 Å². The number of carbonyl (C=O) groups is 1. The number of phenolic OH excluding ortho intramolecular Hbond substituents is 1. The zero-order chi connectivity index (χ0) is 14.4. The summed E-state index contributed by atoms with van der Waals surface area (Å²) in [5, 5.41) is 12.6. The van der Waals surface area contributed by atoms with E-state index in [1.807, 2.05) is 0 Å². The number of allylic oxidation sites excluding steroid dienone is 3. The van der Waals surface area contributed by atoms with Gasteiger partial charge in [-0.15, -0.1) is 0 Å². The third kappa shape index (κ3) is 3.89. The first-order valence-electron chi connectivity index (χ1n) is 5.54. The van der Waals surface area contributed by atoms with Gasteiger partial charge in [0.1, 0.15) is 5.75 Å². The number of amides is 1. The Kier molecular flexibility index (Phi) is 5.21. The number of nitrogens with two attached hydrogens (primary N) is 1. The summed E-state index contributed by atoms with van der Waals surface area (Å²) in [7, 11) is 0. The second-order valence-corrected chi connectivity index (χ2v) is 4.13. The molecule has 0 aromatic heterocycles. The minimum atomic E-state index is -0.480. The second kappa shape index (κ2) is 6.66. The van der Waals surface area contributed by atoms with Crippen LogP contribution in [0.2, 0.25) is 5.02 Å². The molecule has 0 radical (unpaired) electrons. The molecule has 1 amide bonds. The first-order valence-corrected chi connectivity index (χ1v) is 5.92. The Hall–Kier alpha value is -2.20. The van der Waals surface area contributed by atoms with Crippen molar-refractivity contribution in [2.45, 2.75) is 6.92 Å². The van der Waals surface area contributed by atoms with Gasteiger partial charge < -0.3 is 16.2 Å². The Bertz CT molecular complexity index is 563. The highest BCUT2D eigenvalue weighted by molar-refractivity contribution is 6.30. The normalized spacial score (nSPS) is 12.1. The number of phenols is 1. The van der Waals surface area contributed by atoms with Gasteiger partial charge in [0.2, 0.25) is 0 Å². The fourth-order valence-electron chi connectivity index (χ4n) is 1.37. The Labute approximate surface area is 116 Å². The number of aromatic hydroxyl groups is 1. The number of halogens is 1. The van der Waals surface area contributed by atoms with Crippen molar-refractivity contribution < 1.29 is 9.90 Å². The summed E-state index contributed by atoms with van der Waals surface area (Å²) in [6.45, 7) is 5.33. The highest BCUT2D eigenvalue weighted by Gasteiger charge is 2.12. The molecule has 0 atom stereocenters. The van der Waals surface area contributed by atoms with Gasteiger partial charge in [-0.1, -0.05) is 24.3 Å². The van der Waals surface area contributed by atoms with E-state index in [1.165, 1.54) is 24.3 Å². The molecule has 0 saturated carbocycles. The topological polar surface area (TPSA) is 75.3 Å². The lowest BCUT2D eigenvalue weighted by atomic mass is 10.1. The molecule has 4 N–H and O–H groups in total. The summed E-state index contributed by atoms with van der Waals surface area (Å²) >= 11 is 5.70. The number of rotatable bonds is 4. The lowest BCUT2D eigenvalue weighted by Crippen LogP contribution is -2.24. The van der Waals surface area contributed by atoms with Crippen molar-refractivity contribution in [2.75, 3.05) is 0 Å². The molecule has 0 fully saturated rings. The lowest BCUT2D eigenvalue weighted by molar-refractivity contribution is 0.0964. The van der Waals surface area contributed by atoms with E-state index in [0.29, 0.717) is 16.4 Å². The standard InChI is InChI=1S/C14H15ClN2O2/c1-3-5-12(11(16)4-2)17-14(19)10-7-6-9(15)8-13(10)18/h3-8,18H,2,16H2,1H3,(H,17,19)/b5-3-,12-11-. The molecule has 0 unspecified atom stereocenters. The van der Waals surface area contributed by atoms with Gasteiger partial charge >= 0.3 is 0 Å². The van der Waals surface area contributed by atoms with E-state index in [-0.39, 0.29) is 11.3 Å². The van der Waals surface area contributed by atoms with Gasteiger partial charge in [0.05, 0.1) is 17.0 Å². The first kappa shape index (κ1) is 14.9. The molecular weight excluding hydrogens is 264 g/mol. The van der Waals surface area contributed by atoms with E-state index in [4.69, 9.17) is 17.3 Å². The first-order chi connectivity index (χ1) is 8.99. The molecule has 0 aliphatic carbocycles. The van der Waals surface area contributed by atoms with Crippen LogP contribution >= 0.6 is 11.6 Å². The van der Waals surface area contributed by atoms with E-state index >= 15 is 0 Å². The van der Waals surface area contributed by atoms with Crippen LogP contribution in [0.1, 0.15) is 17.3 Å². The van der Waals surface area contributed by atoms with Crippen LogP contribution in [0.4, 0.5) is 0 Å². The maximum atomic E-state index is 12.0. The third-order valence-electron chi connectivity index (χ3n) is 2.32. The van der Waals surface area contributed by atoms with E-state index < -0.39 is 5.91 Å². The number of hydrogen-bond donors (Lipinski definition) is 3. The van der Waals surface area contributed by atoms with Crippen molar-refractivity contribution in [2.24, 2.45) is 5.73 Å². The summed E-state index contributed by atoms with van der Waals surface area (Å²) in [6.07, 6.45) is 4.80. The van der Waals surface area contributed by atoms with Crippen LogP contribution in [0.5, 0.6) is 5.75 Å². The van der Waals surface area contributed by atoms with Crippen molar-refractivity contribution in [3.63, 3.8) is 0 Å². The van der Waals surface area contributed by atoms with Crippen molar-refractivity contribution in [1.29, 1.82) is 0 Å². The molecule has 1 aromatic carbocycles. The van der Waals surface area contributed by atoms with Gasteiger partial charge in [-0.3, -0.25) is 4.79 Å². The minimum absolute atomic E-state index is 0.114. The second-order valence-electron chi connectivity index (χ2n) is 3.69. The average molecular weight is 279 g/mol. The highest BCUT2D eigenvalue weighted by Crippen LogP contribution is 2.22. The van der Waals surface area contributed by atoms with Crippen molar-refractivity contribution in [1.82, 2.24) is 5.32 Å². The Balaban J connectivity index is 3.04. The fourth-order valence-corrected chi connectivity index (χ4v) is 1.54. The molecule has 1 rings (SSSR count). The van der Waals surface area contributed by atoms with Crippen LogP contribution in [0, 0.1) is 0 Å². The zero-order valence-corrected chi connectivity index (χ0v) is 11.2. The van der Waals surface area contributed by atoms with E-state index in [0.717, 1.165) is 0 Å². The summed E-state index contributed by atoms with van der Waals surface area (Å²) < 4.78 is 0. The summed E-state index contributed by atoms with van der Waals surface area (Å²) in [5.41, 5.74) is 6.56. The quantitative estimate of drug-likeness (QED) is 0.741. The molecule has 4 nitrogen and oxygen atoms in total. The molecule has 0 saturated heterocycles. The van der Waals surface area contributed by atoms with E-state index in [2.05, 4.69) is 11.9 Å². The monoisotopic (exact) mass is 278 g/mol. The molecule has 100 valence electrons. The lowest BCUT2D eigenvalue weighted by Gasteiger charge is -2.09. The highest BCUT2D eigenvalue weighted by atomic mass is 35.5. The maximum Gasteiger partial charge on any atom is 0.259 e. The summed E-state index contributed by atoms with van der Waals surface area (Å²) in [6, 6.07) is 4.25. The van der Waals surface area contributed by atoms with Crippen molar-refractivity contribution in [3.05, 3.63) is 65.0 Å². The molecular formula is C14H15ClN2O2.